The van der Waals surface area contributed by atoms with Gasteiger partial charge in [-0.1, -0.05) is 13.8 Å². The molecule has 1 saturated heterocycles. The normalized spacial score (nSPS) is 23.0. The van der Waals surface area contributed by atoms with Crippen LogP contribution in [0.2, 0.25) is 0 Å². The van der Waals surface area contributed by atoms with Crippen molar-refractivity contribution in [1.29, 1.82) is 0 Å². The minimum absolute atomic E-state index is 0.148. The maximum absolute atomic E-state index is 11.5. The van der Waals surface area contributed by atoms with Crippen molar-refractivity contribution in [2.75, 3.05) is 59.8 Å². The second-order valence-electron chi connectivity index (χ2n) is 5.86. The van der Waals surface area contributed by atoms with Crippen molar-refractivity contribution in [3.8, 4) is 0 Å². The minimum atomic E-state index is -0.674. The summed E-state index contributed by atoms with van der Waals surface area (Å²) in [5.41, 5.74) is -0.594. The zero-order valence-corrected chi connectivity index (χ0v) is 13.5. The maximum atomic E-state index is 11.5. The number of ether oxygens (including phenoxy) is 3. The largest absolute Gasteiger partial charge is 0.481 e. The van der Waals surface area contributed by atoms with E-state index in [2.05, 4.69) is 4.90 Å². The van der Waals surface area contributed by atoms with Crippen molar-refractivity contribution in [1.82, 2.24) is 4.90 Å². The van der Waals surface area contributed by atoms with Gasteiger partial charge in [-0.05, 0) is 18.9 Å². The summed E-state index contributed by atoms with van der Waals surface area (Å²) in [5.74, 6) is -0.525. The molecule has 0 aromatic rings. The fourth-order valence-corrected chi connectivity index (χ4v) is 2.66. The molecule has 0 bridgehead atoms. The summed E-state index contributed by atoms with van der Waals surface area (Å²) in [6, 6.07) is 0. The molecule has 0 spiro atoms. The molecule has 0 saturated carbocycles. The number of carboxylic acid groups (broad SMARTS) is 1. The number of methoxy groups -OCH3 is 1. The van der Waals surface area contributed by atoms with Gasteiger partial charge in [0.1, 0.15) is 0 Å². The molecule has 0 aromatic carbocycles. The lowest BCUT2D eigenvalue weighted by Gasteiger charge is -2.28. The quantitative estimate of drug-likeness (QED) is 0.577. The van der Waals surface area contributed by atoms with Crippen LogP contribution in [-0.2, 0) is 19.0 Å². The van der Waals surface area contributed by atoms with Crippen molar-refractivity contribution in [2.24, 2.45) is 11.3 Å². The van der Waals surface area contributed by atoms with Crippen LogP contribution in [0.15, 0.2) is 0 Å². The highest BCUT2D eigenvalue weighted by Crippen LogP contribution is 2.37. The maximum Gasteiger partial charge on any atom is 0.311 e. The third-order valence-corrected chi connectivity index (χ3v) is 4.27. The van der Waals surface area contributed by atoms with Gasteiger partial charge in [0.2, 0.25) is 0 Å². The van der Waals surface area contributed by atoms with Crippen molar-refractivity contribution >= 4 is 5.97 Å². The van der Waals surface area contributed by atoms with Crippen LogP contribution in [0.25, 0.3) is 0 Å². The molecule has 1 aliphatic heterocycles. The Labute approximate surface area is 127 Å². The molecule has 6 heteroatoms. The van der Waals surface area contributed by atoms with Crippen molar-refractivity contribution in [3.63, 3.8) is 0 Å². The summed E-state index contributed by atoms with van der Waals surface area (Å²) in [6.45, 7) is 9.13. The first-order chi connectivity index (χ1) is 10.0. The van der Waals surface area contributed by atoms with E-state index in [4.69, 9.17) is 14.2 Å². The van der Waals surface area contributed by atoms with Crippen LogP contribution in [0.1, 0.15) is 20.3 Å². The molecule has 0 aliphatic carbocycles. The Kier molecular flexibility index (Phi) is 8.18. The molecule has 0 radical (unpaired) electrons. The molecule has 21 heavy (non-hydrogen) atoms. The van der Waals surface area contributed by atoms with Gasteiger partial charge in [-0.3, -0.25) is 9.69 Å². The number of hydrogen-bond donors (Lipinski definition) is 1. The number of rotatable bonds is 11. The van der Waals surface area contributed by atoms with Crippen molar-refractivity contribution < 1.29 is 24.1 Å². The first kappa shape index (κ1) is 18.4. The number of hydrogen-bond acceptors (Lipinski definition) is 5. The molecule has 124 valence electrons. The van der Waals surface area contributed by atoms with Gasteiger partial charge in [0.15, 0.2) is 0 Å². The van der Waals surface area contributed by atoms with Crippen molar-refractivity contribution in [3.05, 3.63) is 0 Å². The molecule has 1 aliphatic rings. The second kappa shape index (κ2) is 9.35. The van der Waals surface area contributed by atoms with E-state index in [0.717, 1.165) is 19.5 Å². The lowest BCUT2D eigenvalue weighted by Crippen LogP contribution is -2.39. The van der Waals surface area contributed by atoms with Crippen molar-refractivity contribution in [2.45, 2.75) is 20.3 Å². The summed E-state index contributed by atoms with van der Waals surface area (Å²) in [7, 11) is 1.64. The summed E-state index contributed by atoms with van der Waals surface area (Å²) in [5, 5.41) is 9.48. The molecule has 1 rings (SSSR count). The SMILES string of the molecule is COCCOCCOCCN1CCC(C(=O)O)(C(C)C)C1. The Hall–Kier alpha value is -0.690. The van der Waals surface area contributed by atoms with Crippen LogP contribution < -0.4 is 0 Å². The Bertz CT molecular complexity index is 310. The number of nitrogens with zero attached hydrogens (tertiary/aromatic N) is 1. The molecule has 1 heterocycles. The van der Waals surface area contributed by atoms with E-state index in [0.29, 0.717) is 39.6 Å². The predicted molar refractivity (Wildman–Crippen MR) is 79.5 cm³/mol. The molecule has 1 N–H and O–H groups in total. The van der Waals surface area contributed by atoms with Gasteiger partial charge in [0, 0.05) is 20.2 Å². The van der Waals surface area contributed by atoms with E-state index in [9.17, 15) is 9.90 Å². The van der Waals surface area contributed by atoms with Crippen LogP contribution in [0.5, 0.6) is 0 Å². The highest BCUT2D eigenvalue weighted by Gasteiger charge is 2.46. The fraction of sp³-hybridized carbons (Fsp3) is 0.933. The summed E-state index contributed by atoms with van der Waals surface area (Å²) in [6.07, 6.45) is 0.722. The van der Waals surface area contributed by atoms with Crippen LogP contribution in [0, 0.1) is 11.3 Å². The minimum Gasteiger partial charge on any atom is -0.481 e. The zero-order chi connectivity index (χ0) is 15.7. The lowest BCUT2D eigenvalue weighted by molar-refractivity contribution is -0.151. The third-order valence-electron chi connectivity index (χ3n) is 4.27. The smallest absolute Gasteiger partial charge is 0.311 e. The fourth-order valence-electron chi connectivity index (χ4n) is 2.66. The molecular formula is C15H29NO5. The highest BCUT2D eigenvalue weighted by atomic mass is 16.5. The molecule has 6 nitrogen and oxygen atoms in total. The average molecular weight is 303 g/mol. The van der Waals surface area contributed by atoms with Gasteiger partial charge in [-0.2, -0.15) is 0 Å². The van der Waals surface area contributed by atoms with Crippen LogP contribution in [0.4, 0.5) is 0 Å². The standard InChI is InChI=1S/C15H29NO5/c1-13(2)15(14(17)18)4-5-16(12-15)6-7-20-10-11-21-9-8-19-3/h13H,4-12H2,1-3H3,(H,17,18). The van der Waals surface area contributed by atoms with Gasteiger partial charge in [0.25, 0.3) is 0 Å². The van der Waals surface area contributed by atoms with Gasteiger partial charge in [0.05, 0.1) is 38.4 Å². The predicted octanol–water partition coefficient (Wildman–Crippen LogP) is 1.10. The summed E-state index contributed by atoms with van der Waals surface area (Å²) >= 11 is 0. The Morgan fingerprint density at radius 3 is 2.33 bits per heavy atom. The number of likely N-dealkylation sites (tertiary alicyclic amines) is 1. The Balaban J connectivity index is 2.13. The number of carboxylic acids is 1. The van der Waals surface area contributed by atoms with Gasteiger partial charge in [-0.15, -0.1) is 0 Å². The van der Waals surface area contributed by atoms with E-state index in [1.807, 2.05) is 13.8 Å². The molecule has 0 aromatic heterocycles. The third kappa shape index (κ3) is 5.54. The van der Waals surface area contributed by atoms with E-state index >= 15 is 0 Å². The first-order valence-corrected chi connectivity index (χ1v) is 7.63. The monoisotopic (exact) mass is 303 g/mol. The Morgan fingerprint density at radius 2 is 1.81 bits per heavy atom. The Morgan fingerprint density at radius 1 is 1.19 bits per heavy atom. The van der Waals surface area contributed by atoms with Crippen LogP contribution in [-0.4, -0.2) is 75.8 Å². The van der Waals surface area contributed by atoms with E-state index < -0.39 is 11.4 Å². The van der Waals surface area contributed by atoms with Gasteiger partial charge < -0.3 is 19.3 Å². The summed E-state index contributed by atoms with van der Waals surface area (Å²) in [4.78, 5) is 13.7. The number of carbonyl (C=O) groups is 1. The molecule has 1 fully saturated rings. The molecule has 1 unspecified atom stereocenters. The second-order valence-corrected chi connectivity index (χ2v) is 5.86. The molecular weight excluding hydrogens is 274 g/mol. The number of aliphatic carboxylic acids is 1. The lowest BCUT2D eigenvalue weighted by atomic mass is 9.76. The van der Waals surface area contributed by atoms with E-state index in [-0.39, 0.29) is 5.92 Å². The highest BCUT2D eigenvalue weighted by molar-refractivity contribution is 5.75. The van der Waals surface area contributed by atoms with Gasteiger partial charge >= 0.3 is 5.97 Å². The van der Waals surface area contributed by atoms with Crippen LogP contribution >= 0.6 is 0 Å². The molecule has 0 amide bonds. The molecule has 1 atom stereocenters. The average Bonchev–Trinajstić information content (AvgIpc) is 2.87. The van der Waals surface area contributed by atoms with E-state index in [1.54, 1.807) is 7.11 Å². The first-order valence-electron chi connectivity index (χ1n) is 7.63. The van der Waals surface area contributed by atoms with Gasteiger partial charge in [-0.25, -0.2) is 0 Å². The zero-order valence-electron chi connectivity index (χ0n) is 13.5. The van der Waals surface area contributed by atoms with E-state index in [1.165, 1.54) is 0 Å². The van der Waals surface area contributed by atoms with Crippen LogP contribution in [0.3, 0.4) is 0 Å². The summed E-state index contributed by atoms with van der Waals surface area (Å²) < 4.78 is 15.7. The topological polar surface area (TPSA) is 68.2 Å².